The first-order chi connectivity index (χ1) is 8.67. The second-order valence-corrected chi connectivity index (χ2v) is 5.59. The number of fused-ring (bicyclic) bond motifs is 1. The van der Waals surface area contributed by atoms with Crippen LogP contribution < -0.4 is 5.73 Å². The number of halogens is 1. The standard InChI is InChI=1S/C14H20BrN3/c1-3-18-13-7-6-11(15)9-12(13)17-14(18)10(2)5-4-8-16/h6-7,9-10H,3-5,8,16H2,1-2H3. The van der Waals surface area contributed by atoms with Crippen LogP contribution in [0.3, 0.4) is 0 Å². The topological polar surface area (TPSA) is 43.8 Å². The van der Waals surface area contributed by atoms with Gasteiger partial charge in [0.2, 0.25) is 0 Å². The van der Waals surface area contributed by atoms with Crippen molar-refractivity contribution in [1.29, 1.82) is 0 Å². The molecule has 0 aliphatic carbocycles. The number of rotatable bonds is 5. The fraction of sp³-hybridized carbons (Fsp3) is 0.500. The minimum Gasteiger partial charge on any atom is -0.330 e. The number of hydrogen-bond donors (Lipinski definition) is 1. The number of aromatic nitrogens is 2. The first kappa shape index (κ1) is 13.6. The van der Waals surface area contributed by atoms with E-state index >= 15 is 0 Å². The molecule has 2 aromatic rings. The van der Waals surface area contributed by atoms with Crippen molar-refractivity contribution >= 4 is 27.0 Å². The molecule has 0 radical (unpaired) electrons. The average Bonchev–Trinajstić information content (AvgIpc) is 2.73. The highest BCUT2D eigenvalue weighted by atomic mass is 79.9. The van der Waals surface area contributed by atoms with Gasteiger partial charge in [0.15, 0.2) is 0 Å². The minimum atomic E-state index is 0.458. The molecule has 1 heterocycles. The van der Waals surface area contributed by atoms with Crippen LogP contribution in [0.2, 0.25) is 0 Å². The van der Waals surface area contributed by atoms with Crippen LogP contribution in [0.25, 0.3) is 11.0 Å². The van der Waals surface area contributed by atoms with Gasteiger partial charge >= 0.3 is 0 Å². The van der Waals surface area contributed by atoms with Crippen molar-refractivity contribution in [2.45, 2.75) is 39.2 Å². The zero-order valence-corrected chi connectivity index (χ0v) is 12.6. The van der Waals surface area contributed by atoms with Gasteiger partial charge in [0.25, 0.3) is 0 Å². The van der Waals surface area contributed by atoms with E-state index in [4.69, 9.17) is 10.7 Å². The lowest BCUT2D eigenvalue weighted by atomic mass is 10.1. The SMILES string of the molecule is CCn1c(C(C)CCCN)nc2cc(Br)ccc21. The largest absolute Gasteiger partial charge is 0.330 e. The zero-order valence-electron chi connectivity index (χ0n) is 11.0. The van der Waals surface area contributed by atoms with Gasteiger partial charge in [-0.2, -0.15) is 0 Å². The van der Waals surface area contributed by atoms with Gasteiger partial charge in [0.1, 0.15) is 5.82 Å². The van der Waals surface area contributed by atoms with Crippen molar-refractivity contribution in [2.24, 2.45) is 5.73 Å². The molecule has 0 spiro atoms. The van der Waals surface area contributed by atoms with Crippen LogP contribution in [0.4, 0.5) is 0 Å². The molecule has 3 nitrogen and oxygen atoms in total. The molecule has 4 heteroatoms. The van der Waals surface area contributed by atoms with E-state index in [-0.39, 0.29) is 0 Å². The minimum absolute atomic E-state index is 0.458. The Balaban J connectivity index is 2.43. The van der Waals surface area contributed by atoms with Gasteiger partial charge in [-0.05, 0) is 44.5 Å². The fourth-order valence-electron chi connectivity index (χ4n) is 2.38. The molecule has 0 bridgehead atoms. The average molecular weight is 310 g/mol. The van der Waals surface area contributed by atoms with E-state index in [1.807, 2.05) is 0 Å². The molecule has 2 N–H and O–H groups in total. The Hall–Kier alpha value is -0.870. The van der Waals surface area contributed by atoms with Gasteiger partial charge in [-0.15, -0.1) is 0 Å². The van der Waals surface area contributed by atoms with E-state index < -0.39 is 0 Å². The van der Waals surface area contributed by atoms with Gasteiger partial charge in [-0.3, -0.25) is 0 Å². The van der Waals surface area contributed by atoms with E-state index in [0.29, 0.717) is 5.92 Å². The van der Waals surface area contributed by atoms with Gasteiger partial charge in [-0.25, -0.2) is 4.98 Å². The highest BCUT2D eigenvalue weighted by Gasteiger charge is 2.15. The van der Waals surface area contributed by atoms with E-state index in [0.717, 1.165) is 35.9 Å². The number of aryl methyl sites for hydroxylation is 1. The van der Waals surface area contributed by atoms with Crippen LogP contribution >= 0.6 is 15.9 Å². The molecule has 0 fully saturated rings. The lowest BCUT2D eigenvalue weighted by Gasteiger charge is -2.12. The van der Waals surface area contributed by atoms with E-state index in [1.54, 1.807) is 0 Å². The lowest BCUT2D eigenvalue weighted by Crippen LogP contribution is -2.08. The molecule has 0 saturated carbocycles. The van der Waals surface area contributed by atoms with Gasteiger partial charge < -0.3 is 10.3 Å². The van der Waals surface area contributed by atoms with Crippen molar-refractivity contribution in [3.05, 3.63) is 28.5 Å². The number of nitrogens with zero attached hydrogens (tertiary/aromatic N) is 2. The second-order valence-electron chi connectivity index (χ2n) is 4.68. The molecule has 0 aliphatic heterocycles. The summed E-state index contributed by atoms with van der Waals surface area (Å²) in [5.41, 5.74) is 7.88. The summed E-state index contributed by atoms with van der Waals surface area (Å²) in [6.45, 7) is 6.11. The molecule has 1 aromatic carbocycles. The Morgan fingerprint density at radius 1 is 1.44 bits per heavy atom. The Morgan fingerprint density at radius 3 is 2.89 bits per heavy atom. The highest BCUT2D eigenvalue weighted by molar-refractivity contribution is 9.10. The van der Waals surface area contributed by atoms with E-state index in [2.05, 4.69) is 52.5 Å². The summed E-state index contributed by atoms with van der Waals surface area (Å²) >= 11 is 3.50. The zero-order chi connectivity index (χ0) is 13.1. The Morgan fingerprint density at radius 2 is 2.22 bits per heavy atom. The second kappa shape index (κ2) is 5.85. The monoisotopic (exact) mass is 309 g/mol. The Bertz CT molecular complexity index is 533. The summed E-state index contributed by atoms with van der Waals surface area (Å²) in [6, 6.07) is 6.29. The molecule has 18 heavy (non-hydrogen) atoms. The number of hydrogen-bond acceptors (Lipinski definition) is 2. The summed E-state index contributed by atoms with van der Waals surface area (Å²) in [6.07, 6.45) is 2.15. The molecule has 0 aliphatic rings. The van der Waals surface area contributed by atoms with Crippen molar-refractivity contribution < 1.29 is 0 Å². The van der Waals surface area contributed by atoms with Crippen LogP contribution in [0, 0.1) is 0 Å². The van der Waals surface area contributed by atoms with Crippen LogP contribution in [0.5, 0.6) is 0 Å². The maximum atomic E-state index is 5.59. The summed E-state index contributed by atoms with van der Waals surface area (Å²) < 4.78 is 3.39. The molecule has 1 atom stereocenters. The third kappa shape index (κ3) is 2.59. The van der Waals surface area contributed by atoms with Crippen molar-refractivity contribution in [1.82, 2.24) is 9.55 Å². The lowest BCUT2D eigenvalue weighted by molar-refractivity contribution is 0.574. The quantitative estimate of drug-likeness (QED) is 0.916. The molecular formula is C14H20BrN3. The van der Waals surface area contributed by atoms with E-state index in [9.17, 15) is 0 Å². The molecule has 0 saturated heterocycles. The summed E-state index contributed by atoms with van der Waals surface area (Å²) in [5, 5.41) is 0. The van der Waals surface area contributed by atoms with Crippen molar-refractivity contribution in [2.75, 3.05) is 6.54 Å². The maximum absolute atomic E-state index is 5.59. The summed E-state index contributed by atoms with van der Waals surface area (Å²) in [4.78, 5) is 4.79. The van der Waals surface area contributed by atoms with Crippen LogP contribution in [-0.4, -0.2) is 16.1 Å². The maximum Gasteiger partial charge on any atom is 0.112 e. The van der Waals surface area contributed by atoms with E-state index in [1.165, 1.54) is 11.3 Å². The fourth-order valence-corrected chi connectivity index (χ4v) is 2.73. The number of benzene rings is 1. The van der Waals surface area contributed by atoms with Crippen LogP contribution in [-0.2, 0) is 6.54 Å². The Labute approximate surface area is 117 Å². The molecule has 1 unspecified atom stereocenters. The predicted octanol–water partition coefficient (Wildman–Crippen LogP) is 3.66. The first-order valence-corrected chi connectivity index (χ1v) is 7.32. The third-order valence-corrected chi connectivity index (χ3v) is 3.83. The van der Waals surface area contributed by atoms with Gasteiger partial charge in [0.05, 0.1) is 11.0 Å². The summed E-state index contributed by atoms with van der Waals surface area (Å²) in [7, 11) is 0. The van der Waals surface area contributed by atoms with Crippen LogP contribution in [0.1, 0.15) is 38.4 Å². The molecular weight excluding hydrogens is 290 g/mol. The summed E-state index contributed by atoms with van der Waals surface area (Å²) in [5.74, 6) is 1.64. The Kier molecular flexibility index (Phi) is 4.40. The van der Waals surface area contributed by atoms with Gasteiger partial charge in [0, 0.05) is 16.9 Å². The third-order valence-electron chi connectivity index (χ3n) is 3.34. The number of imidazole rings is 1. The van der Waals surface area contributed by atoms with Crippen LogP contribution in [0.15, 0.2) is 22.7 Å². The van der Waals surface area contributed by atoms with Gasteiger partial charge in [-0.1, -0.05) is 22.9 Å². The number of nitrogens with two attached hydrogens (primary N) is 1. The molecule has 98 valence electrons. The first-order valence-electron chi connectivity index (χ1n) is 6.53. The molecule has 0 amide bonds. The predicted molar refractivity (Wildman–Crippen MR) is 79.8 cm³/mol. The normalized spacial score (nSPS) is 13.1. The molecule has 2 rings (SSSR count). The highest BCUT2D eigenvalue weighted by Crippen LogP contribution is 2.26. The smallest absolute Gasteiger partial charge is 0.112 e. The van der Waals surface area contributed by atoms with Crippen molar-refractivity contribution in [3.8, 4) is 0 Å². The van der Waals surface area contributed by atoms with Crippen molar-refractivity contribution in [3.63, 3.8) is 0 Å². The molecule has 1 aromatic heterocycles.